The Morgan fingerprint density at radius 2 is 1.94 bits per heavy atom. The summed E-state index contributed by atoms with van der Waals surface area (Å²) in [6.45, 7) is 1.80. The third-order valence-electron chi connectivity index (χ3n) is 2.57. The van der Waals surface area contributed by atoms with Gasteiger partial charge in [-0.2, -0.15) is 0 Å². The number of carbonyl (C=O) groups excluding carboxylic acids is 2. The summed E-state index contributed by atoms with van der Waals surface area (Å²) in [6, 6.07) is -1.85. The molecule has 0 unspecified atom stereocenters. The molecule has 0 aromatic rings. The van der Waals surface area contributed by atoms with Gasteiger partial charge in [0.15, 0.2) is 0 Å². The van der Waals surface area contributed by atoms with Gasteiger partial charge in [-0.15, -0.1) is 0 Å². The summed E-state index contributed by atoms with van der Waals surface area (Å²) in [5, 5.41) is 13.4. The Morgan fingerprint density at radius 1 is 1.33 bits per heavy atom. The Bertz CT molecular complexity index is 327. The molecule has 1 rings (SSSR count). The molecule has 1 fully saturated rings. The van der Waals surface area contributed by atoms with Crippen LogP contribution in [0.15, 0.2) is 0 Å². The van der Waals surface area contributed by atoms with Gasteiger partial charge in [0.2, 0.25) is 5.91 Å². The summed E-state index contributed by atoms with van der Waals surface area (Å²) in [4.78, 5) is 35.3. The van der Waals surface area contributed by atoms with Crippen LogP contribution in [0.25, 0.3) is 0 Å². The first-order chi connectivity index (χ1) is 8.54. The van der Waals surface area contributed by atoms with Crippen LogP contribution in [0.5, 0.6) is 0 Å². The Balaban J connectivity index is 2.51. The van der Waals surface area contributed by atoms with E-state index in [1.54, 1.807) is 0 Å². The number of carbonyl (C=O) groups is 3. The maximum Gasteiger partial charge on any atom is 0.326 e. The first-order valence-corrected chi connectivity index (χ1v) is 5.61. The van der Waals surface area contributed by atoms with Crippen molar-refractivity contribution < 1.29 is 24.2 Å². The van der Waals surface area contributed by atoms with Gasteiger partial charge in [0.1, 0.15) is 6.04 Å². The third-order valence-corrected chi connectivity index (χ3v) is 2.57. The van der Waals surface area contributed by atoms with E-state index in [0.717, 1.165) is 0 Å². The van der Waals surface area contributed by atoms with Crippen LogP contribution in [-0.2, 0) is 14.3 Å². The van der Waals surface area contributed by atoms with Crippen LogP contribution in [0.4, 0.5) is 4.79 Å². The first kappa shape index (κ1) is 14.2. The van der Waals surface area contributed by atoms with Crippen molar-refractivity contribution in [2.45, 2.75) is 12.5 Å². The number of hydrogen-bond donors (Lipinski definition) is 3. The lowest BCUT2D eigenvalue weighted by Crippen LogP contribution is -2.49. The number of carboxylic acids is 1. The molecular weight excluding hydrogens is 242 g/mol. The fraction of sp³-hybridized carbons (Fsp3) is 0.700. The van der Waals surface area contributed by atoms with Crippen molar-refractivity contribution >= 4 is 17.9 Å². The van der Waals surface area contributed by atoms with Crippen LogP contribution in [0.3, 0.4) is 0 Å². The highest BCUT2D eigenvalue weighted by atomic mass is 16.5. The molecule has 8 heteroatoms. The number of aliphatic carboxylic acids is 1. The molecule has 0 spiro atoms. The van der Waals surface area contributed by atoms with Gasteiger partial charge in [0, 0.05) is 20.1 Å². The highest BCUT2D eigenvalue weighted by Crippen LogP contribution is 2.03. The van der Waals surface area contributed by atoms with Crippen molar-refractivity contribution in [1.29, 1.82) is 0 Å². The summed E-state index contributed by atoms with van der Waals surface area (Å²) < 4.78 is 5.09. The second-order valence-electron chi connectivity index (χ2n) is 3.81. The van der Waals surface area contributed by atoms with Crippen molar-refractivity contribution in [3.05, 3.63) is 0 Å². The predicted molar refractivity (Wildman–Crippen MR) is 61.0 cm³/mol. The molecule has 0 radical (unpaired) electrons. The molecule has 18 heavy (non-hydrogen) atoms. The predicted octanol–water partition coefficient (Wildman–Crippen LogP) is -1.38. The molecule has 3 N–H and O–H groups in total. The number of nitrogens with zero attached hydrogens (tertiary/aromatic N) is 1. The molecule has 1 aliphatic heterocycles. The normalized spacial score (nSPS) is 16.8. The zero-order valence-electron chi connectivity index (χ0n) is 10.1. The van der Waals surface area contributed by atoms with Crippen LogP contribution in [-0.4, -0.2) is 67.3 Å². The molecule has 0 aliphatic carbocycles. The second-order valence-corrected chi connectivity index (χ2v) is 3.81. The standard InChI is InChI=1S/C10H17N3O5/c1-11-10(17)12-7(9(15)16)6-8(14)13-2-4-18-5-3-13/h7H,2-6H2,1H3,(H,15,16)(H2,11,12,17)/t7-/m1/s1. The number of nitrogens with one attached hydrogen (secondary N) is 2. The smallest absolute Gasteiger partial charge is 0.326 e. The van der Waals surface area contributed by atoms with E-state index in [9.17, 15) is 14.4 Å². The fourth-order valence-corrected chi connectivity index (χ4v) is 1.55. The Morgan fingerprint density at radius 3 is 2.44 bits per heavy atom. The van der Waals surface area contributed by atoms with E-state index in [1.165, 1.54) is 11.9 Å². The molecular formula is C10H17N3O5. The lowest BCUT2D eigenvalue weighted by Gasteiger charge is -2.27. The fourth-order valence-electron chi connectivity index (χ4n) is 1.55. The maximum atomic E-state index is 11.8. The second kappa shape index (κ2) is 6.80. The van der Waals surface area contributed by atoms with Crippen LogP contribution in [0.1, 0.15) is 6.42 Å². The van der Waals surface area contributed by atoms with Gasteiger partial charge in [-0.25, -0.2) is 9.59 Å². The molecule has 0 bridgehead atoms. The molecule has 1 heterocycles. The number of urea groups is 1. The van der Waals surface area contributed by atoms with Gasteiger partial charge in [-0.1, -0.05) is 0 Å². The Hall–Kier alpha value is -1.83. The van der Waals surface area contributed by atoms with Crippen LogP contribution in [0.2, 0.25) is 0 Å². The van der Waals surface area contributed by atoms with Gasteiger partial charge >= 0.3 is 12.0 Å². The highest BCUT2D eigenvalue weighted by Gasteiger charge is 2.26. The van der Waals surface area contributed by atoms with Gasteiger partial charge < -0.3 is 25.4 Å². The average molecular weight is 259 g/mol. The van der Waals surface area contributed by atoms with Crippen LogP contribution >= 0.6 is 0 Å². The van der Waals surface area contributed by atoms with E-state index in [1.807, 2.05) is 0 Å². The Kier molecular flexibility index (Phi) is 5.37. The third kappa shape index (κ3) is 4.21. The number of rotatable bonds is 4. The molecule has 0 aromatic carbocycles. The summed E-state index contributed by atoms with van der Waals surface area (Å²) in [5.41, 5.74) is 0. The number of hydrogen-bond acceptors (Lipinski definition) is 4. The van der Waals surface area contributed by atoms with E-state index in [2.05, 4.69) is 10.6 Å². The monoisotopic (exact) mass is 259 g/mol. The number of morpholine rings is 1. The summed E-state index contributed by atoms with van der Waals surface area (Å²) in [5.74, 6) is -1.54. The van der Waals surface area contributed by atoms with E-state index in [-0.39, 0.29) is 12.3 Å². The van der Waals surface area contributed by atoms with E-state index in [0.29, 0.717) is 26.3 Å². The van der Waals surface area contributed by atoms with Gasteiger partial charge in [0.05, 0.1) is 19.6 Å². The minimum Gasteiger partial charge on any atom is -0.480 e. The summed E-state index contributed by atoms with van der Waals surface area (Å²) in [7, 11) is 1.37. The first-order valence-electron chi connectivity index (χ1n) is 5.61. The van der Waals surface area contributed by atoms with E-state index >= 15 is 0 Å². The SMILES string of the molecule is CNC(=O)N[C@H](CC(=O)N1CCOCC1)C(=O)O. The topological polar surface area (TPSA) is 108 Å². The zero-order chi connectivity index (χ0) is 13.5. The van der Waals surface area contributed by atoms with Crippen molar-refractivity contribution in [1.82, 2.24) is 15.5 Å². The molecule has 8 nitrogen and oxygen atoms in total. The maximum absolute atomic E-state index is 11.8. The lowest BCUT2D eigenvalue weighted by molar-refractivity contribution is -0.144. The van der Waals surface area contributed by atoms with E-state index in [4.69, 9.17) is 9.84 Å². The quantitative estimate of drug-likeness (QED) is 0.576. The molecule has 0 saturated carbocycles. The van der Waals surface area contributed by atoms with Crippen molar-refractivity contribution in [2.24, 2.45) is 0 Å². The molecule has 102 valence electrons. The van der Waals surface area contributed by atoms with Gasteiger partial charge in [-0.3, -0.25) is 4.79 Å². The Labute approximate surface area is 104 Å². The summed E-state index contributed by atoms with van der Waals surface area (Å²) in [6.07, 6.45) is -0.261. The minimum atomic E-state index is -1.24. The van der Waals surface area contributed by atoms with Gasteiger partial charge in [0.25, 0.3) is 0 Å². The molecule has 1 aliphatic rings. The lowest BCUT2D eigenvalue weighted by atomic mass is 10.2. The zero-order valence-corrected chi connectivity index (χ0v) is 10.1. The highest BCUT2D eigenvalue weighted by molar-refractivity contribution is 5.88. The molecule has 0 aromatic heterocycles. The van der Waals surface area contributed by atoms with Gasteiger partial charge in [-0.05, 0) is 0 Å². The van der Waals surface area contributed by atoms with Crippen molar-refractivity contribution in [3.8, 4) is 0 Å². The number of ether oxygens (including phenoxy) is 1. The minimum absolute atomic E-state index is 0.261. The molecule has 3 amide bonds. The average Bonchev–Trinajstić information content (AvgIpc) is 2.38. The van der Waals surface area contributed by atoms with E-state index < -0.39 is 18.0 Å². The van der Waals surface area contributed by atoms with Crippen molar-refractivity contribution in [2.75, 3.05) is 33.4 Å². The van der Waals surface area contributed by atoms with Crippen molar-refractivity contribution in [3.63, 3.8) is 0 Å². The van der Waals surface area contributed by atoms with Crippen LogP contribution < -0.4 is 10.6 Å². The van der Waals surface area contributed by atoms with Crippen LogP contribution in [0, 0.1) is 0 Å². The number of carboxylic acid groups (broad SMARTS) is 1. The molecule has 1 saturated heterocycles. The summed E-state index contributed by atoms with van der Waals surface area (Å²) >= 11 is 0. The largest absolute Gasteiger partial charge is 0.480 e. The molecule has 1 atom stereocenters. The number of amides is 3.